The molecule has 0 aliphatic carbocycles. The third-order valence-corrected chi connectivity index (χ3v) is 3.21. The lowest BCUT2D eigenvalue weighted by Crippen LogP contribution is -2.02. The Labute approximate surface area is 121 Å². The second-order valence-electron chi connectivity index (χ2n) is 4.51. The van der Waals surface area contributed by atoms with Gasteiger partial charge >= 0.3 is 0 Å². The fraction of sp³-hybridized carbons (Fsp3) is 0.143. The first-order valence-corrected chi connectivity index (χ1v) is 6.49. The van der Waals surface area contributed by atoms with Crippen LogP contribution >= 0.6 is 11.6 Å². The number of hydrogen-bond donors (Lipinski definition) is 1. The van der Waals surface area contributed by atoms with Gasteiger partial charge in [0.15, 0.2) is 11.5 Å². The molecule has 102 valence electrons. The first-order chi connectivity index (χ1) is 9.63. The summed E-state index contributed by atoms with van der Waals surface area (Å²) < 4.78 is 7.52. The van der Waals surface area contributed by atoms with E-state index in [0.717, 1.165) is 17.0 Å². The maximum Gasteiger partial charge on any atom is 0.175 e. The Morgan fingerprint density at radius 2 is 2.00 bits per heavy atom. The van der Waals surface area contributed by atoms with Gasteiger partial charge in [-0.25, -0.2) is 0 Å². The molecule has 0 bridgehead atoms. The molecule has 0 saturated carbocycles. The van der Waals surface area contributed by atoms with Crippen molar-refractivity contribution in [1.82, 2.24) is 14.6 Å². The Morgan fingerprint density at radius 1 is 1.25 bits per heavy atom. The summed E-state index contributed by atoms with van der Waals surface area (Å²) >= 11 is 5.83. The van der Waals surface area contributed by atoms with Gasteiger partial charge in [0.25, 0.3) is 0 Å². The zero-order valence-electron chi connectivity index (χ0n) is 10.9. The van der Waals surface area contributed by atoms with Gasteiger partial charge in [-0.1, -0.05) is 11.6 Å². The Kier molecular flexibility index (Phi) is 3.20. The van der Waals surface area contributed by atoms with Crippen LogP contribution in [0.1, 0.15) is 11.4 Å². The SMILES string of the molecule is Cc1cc(N)cn2c(COc3ccc(Cl)cc3)nnc12. The molecular weight excluding hydrogens is 276 g/mol. The van der Waals surface area contributed by atoms with Gasteiger partial charge < -0.3 is 10.5 Å². The molecule has 0 aliphatic heterocycles. The predicted molar refractivity (Wildman–Crippen MR) is 77.9 cm³/mol. The fourth-order valence-corrected chi connectivity index (χ4v) is 2.13. The third kappa shape index (κ3) is 2.40. The van der Waals surface area contributed by atoms with Gasteiger partial charge in [-0.15, -0.1) is 10.2 Å². The second-order valence-corrected chi connectivity index (χ2v) is 4.95. The number of nitrogens with zero attached hydrogens (tertiary/aromatic N) is 3. The summed E-state index contributed by atoms with van der Waals surface area (Å²) in [6.45, 7) is 2.26. The molecule has 0 saturated heterocycles. The van der Waals surface area contributed by atoms with Gasteiger partial charge in [0.1, 0.15) is 12.4 Å². The molecule has 3 aromatic rings. The van der Waals surface area contributed by atoms with Crippen molar-refractivity contribution in [2.24, 2.45) is 0 Å². The van der Waals surface area contributed by atoms with E-state index in [-0.39, 0.29) is 0 Å². The number of aryl methyl sites for hydroxylation is 1. The Balaban J connectivity index is 1.86. The van der Waals surface area contributed by atoms with Crippen molar-refractivity contribution < 1.29 is 4.74 Å². The fourth-order valence-electron chi connectivity index (χ4n) is 2.01. The van der Waals surface area contributed by atoms with E-state index in [1.54, 1.807) is 18.3 Å². The molecule has 6 heteroatoms. The largest absolute Gasteiger partial charge is 0.486 e. The summed E-state index contributed by atoms with van der Waals surface area (Å²) in [5, 5.41) is 8.95. The summed E-state index contributed by atoms with van der Waals surface area (Å²) in [6.07, 6.45) is 1.79. The van der Waals surface area contributed by atoms with E-state index in [1.807, 2.05) is 29.5 Å². The average Bonchev–Trinajstić information content (AvgIpc) is 2.81. The monoisotopic (exact) mass is 288 g/mol. The van der Waals surface area contributed by atoms with Crippen LogP contribution in [0.15, 0.2) is 36.5 Å². The van der Waals surface area contributed by atoms with Crippen molar-refractivity contribution in [1.29, 1.82) is 0 Å². The van der Waals surface area contributed by atoms with Crippen LogP contribution in [-0.2, 0) is 6.61 Å². The molecular formula is C14H13ClN4O. The van der Waals surface area contributed by atoms with E-state index in [1.165, 1.54) is 0 Å². The molecule has 0 spiro atoms. The molecule has 2 heterocycles. The van der Waals surface area contributed by atoms with Crippen molar-refractivity contribution in [2.75, 3.05) is 5.73 Å². The first kappa shape index (κ1) is 12.7. The number of anilines is 1. The van der Waals surface area contributed by atoms with E-state index >= 15 is 0 Å². The Hall–Kier alpha value is -2.27. The molecule has 5 nitrogen and oxygen atoms in total. The maximum atomic E-state index is 5.84. The molecule has 2 aromatic heterocycles. The highest BCUT2D eigenvalue weighted by atomic mass is 35.5. The van der Waals surface area contributed by atoms with Crippen LogP contribution in [0.2, 0.25) is 5.02 Å². The summed E-state index contributed by atoms with van der Waals surface area (Å²) in [7, 11) is 0. The van der Waals surface area contributed by atoms with Crippen molar-refractivity contribution in [3.8, 4) is 5.75 Å². The number of fused-ring (bicyclic) bond motifs is 1. The number of nitrogens with two attached hydrogens (primary N) is 1. The summed E-state index contributed by atoms with van der Waals surface area (Å²) in [6, 6.07) is 9.05. The van der Waals surface area contributed by atoms with E-state index in [9.17, 15) is 0 Å². The van der Waals surface area contributed by atoms with Gasteiger partial charge in [0, 0.05) is 16.9 Å². The normalized spacial score (nSPS) is 10.9. The van der Waals surface area contributed by atoms with Crippen LogP contribution in [-0.4, -0.2) is 14.6 Å². The van der Waals surface area contributed by atoms with E-state index in [4.69, 9.17) is 22.1 Å². The molecule has 0 aliphatic rings. The van der Waals surface area contributed by atoms with Crippen LogP contribution < -0.4 is 10.5 Å². The number of benzene rings is 1. The van der Waals surface area contributed by atoms with Crippen LogP contribution in [0.3, 0.4) is 0 Å². The highest BCUT2D eigenvalue weighted by Crippen LogP contribution is 2.18. The zero-order chi connectivity index (χ0) is 14.1. The van der Waals surface area contributed by atoms with E-state index < -0.39 is 0 Å². The lowest BCUT2D eigenvalue weighted by Gasteiger charge is -2.06. The minimum Gasteiger partial charge on any atom is -0.486 e. The van der Waals surface area contributed by atoms with Crippen molar-refractivity contribution in [3.63, 3.8) is 0 Å². The minimum atomic E-state index is 0.311. The summed E-state index contributed by atoms with van der Waals surface area (Å²) in [4.78, 5) is 0. The van der Waals surface area contributed by atoms with E-state index in [0.29, 0.717) is 23.1 Å². The molecule has 0 radical (unpaired) electrons. The summed E-state index contributed by atoms with van der Waals surface area (Å²) in [5.41, 5.74) is 8.28. The van der Waals surface area contributed by atoms with Gasteiger partial charge in [0.2, 0.25) is 0 Å². The number of halogens is 1. The van der Waals surface area contributed by atoms with Crippen LogP contribution in [0.4, 0.5) is 5.69 Å². The van der Waals surface area contributed by atoms with Crippen LogP contribution in [0.5, 0.6) is 5.75 Å². The predicted octanol–water partition coefficient (Wildman–Crippen LogP) is 2.85. The minimum absolute atomic E-state index is 0.311. The molecule has 0 atom stereocenters. The molecule has 0 amide bonds. The number of aromatic nitrogens is 3. The molecule has 3 rings (SSSR count). The highest BCUT2D eigenvalue weighted by molar-refractivity contribution is 6.30. The van der Waals surface area contributed by atoms with Gasteiger partial charge in [0.05, 0.1) is 0 Å². The van der Waals surface area contributed by atoms with Crippen LogP contribution in [0.25, 0.3) is 5.65 Å². The zero-order valence-corrected chi connectivity index (χ0v) is 11.6. The van der Waals surface area contributed by atoms with Crippen molar-refractivity contribution in [2.45, 2.75) is 13.5 Å². The lowest BCUT2D eigenvalue weighted by molar-refractivity contribution is 0.294. The number of hydrogen-bond acceptors (Lipinski definition) is 4. The molecule has 1 aromatic carbocycles. The first-order valence-electron chi connectivity index (χ1n) is 6.11. The molecule has 2 N–H and O–H groups in total. The van der Waals surface area contributed by atoms with Gasteiger partial charge in [-0.3, -0.25) is 4.40 Å². The van der Waals surface area contributed by atoms with Crippen LogP contribution in [0, 0.1) is 6.92 Å². The number of rotatable bonds is 3. The Bertz CT molecular complexity index is 752. The maximum absolute atomic E-state index is 5.84. The van der Waals surface area contributed by atoms with Gasteiger partial charge in [-0.05, 0) is 42.8 Å². The quantitative estimate of drug-likeness (QED) is 0.805. The molecule has 0 fully saturated rings. The summed E-state index contributed by atoms with van der Waals surface area (Å²) in [5.74, 6) is 1.43. The third-order valence-electron chi connectivity index (χ3n) is 2.96. The van der Waals surface area contributed by atoms with Crippen molar-refractivity contribution in [3.05, 3.63) is 52.9 Å². The number of nitrogen functional groups attached to an aromatic ring is 1. The molecule has 20 heavy (non-hydrogen) atoms. The Morgan fingerprint density at radius 3 is 2.75 bits per heavy atom. The number of pyridine rings is 1. The van der Waals surface area contributed by atoms with E-state index in [2.05, 4.69) is 10.2 Å². The van der Waals surface area contributed by atoms with Crippen molar-refractivity contribution >= 4 is 22.9 Å². The number of ether oxygens (including phenoxy) is 1. The second kappa shape index (κ2) is 5.02. The lowest BCUT2D eigenvalue weighted by atomic mass is 10.3. The standard InChI is InChI=1S/C14H13ClN4O/c1-9-6-11(16)7-19-13(17-18-14(9)19)8-20-12-4-2-10(15)3-5-12/h2-7H,8,16H2,1H3. The smallest absolute Gasteiger partial charge is 0.175 e. The molecule has 0 unspecified atom stereocenters. The average molecular weight is 289 g/mol. The van der Waals surface area contributed by atoms with Gasteiger partial charge in [-0.2, -0.15) is 0 Å². The topological polar surface area (TPSA) is 65.4 Å². The highest BCUT2D eigenvalue weighted by Gasteiger charge is 2.09.